The molecule has 2 aromatic carbocycles. The highest BCUT2D eigenvalue weighted by Gasteiger charge is 2.15. The SMILES string of the molecule is C=CCNS(=O)(=O)c1ccc(C(=O)NCCc2ccc3c(c2)OCO3)cc1. The summed E-state index contributed by atoms with van der Waals surface area (Å²) in [6.07, 6.45) is 2.10. The molecule has 1 amide bonds. The van der Waals surface area contributed by atoms with Crippen molar-refractivity contribution >= 4 is 15.9 Å². The van der Waals surface area contributed by atoms with Crippen molar-refractivity contribution in [3.05, 3.63) is 66.2 Å². The van der Waals surface area contributed by atoms with E-state index >= 15 is 0 Å². The van der Waals surface area contributed by atoms with E-state index in [1.54, 1.807) is 0 Å². The van der Waals surface area contributed by atoms with E-state index in [0.29, 0.717) is 24.3 Å². The largest absolute Gasteiger partial charge is 0.454 e. The second-order valence-electron chi connectivity index (χ2n) is 5.86. The van der Waals surface area contributed by atoms with Gasteiger partial charge in [0.25, 0.3) is 5.91 Å². The van der Waals surface area contributed by atoms with Gasteiger partial charge in [0.15, 0.2) is 11.5 Å². The maximum Gasteiger partial charge on any atom is 0.251 e. The average molecular weight is 388 g/mol. The zero-order valence-electron chi connectivity index (χ0n) is 14.6. The molecule has 0 spiro atoms. The molecule has 0 atom stereocenters. The van der Waals surface area contributed by atoms with Crippen LogP contribution in [0.1, 0.15) is 15.9 Å². The highest BCUT2D eigenvalue weighted by atomic mass is 32.2. The summed E-state index contributed by atoms with van der Waals surface area (Å²) in [6, 6.07) is 11.4. The molecule has 7 nitrogen and oxygen atoms in total. The van der Waals surface area contributed by atoms with Gasteiger partial charge in [0.2, 0.25) is 16.8 Å². The van der Waals surface area contributed by atoms with Crippen molar-refractivity contribution in [3.8, 4) is 11.5 Å². The first-order valence-electron chi connectivity index (χ1n) is 8.37. The first-order chi connectivity index (χ1) is 13.0. The quantitative estimate of drug-likeness (QED) is 0.673. The van der Waals surface area contributed by atoms with Gasteiger partial charge in [0.1, 0.15) is 0 Å². The van der Waals surface area contributed by atoms with Gasteiger partial charge in [-0.1, -0.05) is 12.1 Å². The second-order valence-corrected chi connectivity index (χ2v) is 7.63. The molecular weight excluding hydrogens is 368 g/mol. The van der Waals surface area contributed by atoms with Crippen LogP contribution in [0.15, 0.2) is 60.0 Å². The van der Waals surface area contributed by atoms with Crippen LogP contribution >= 0.6 is 0 Å². The van der Waals surface area contributed by atoms with Crippen LogP contribution in [0.2, 0.25) is 0 Å². The van der Waals surface area contributed by atoms with Crippen molar-refractivity contribution in [1.82, 2.24) is 10.0 Å². The highest BCUT2D eigenvalue weighted by Crippen LogP contribution is 2.32. The van der Waals surface area contributed by atoms with Gasteiger partial charge < -0.3 is 14.8 Å². The summed E-state index contributed by atoms with van der Waals surface area (Å²) in [6.45, 7) is 4.28. The predicted molar refractivity (Wildman–Crippen MR) is 100 cm³/mol. The van der Waals surface area contributed by atoms with Gasteiger partial charge in [-0.2, -0.15) is 0 Å². The van der Waals surface area contributed by atoms with Crippen molar-refractivity contribution in [2.45, 2.75) is 11.3 Å². The Morgan fingerprint density at radius 2 is 1.85 bits per heavy atom. The standard InChI is InChI=1S/C19H20N2O5S/c1-2-10-21-27(23,24)16-6-4-15(5-7-16)19(22)20-11-9-14-3-8-17-18(12-14)26-13-25-17/h2-8,12,21H,1,9-11,13H2,(H,20,22). The van der Waals surface area contributed by atoms with E-state index in [2.05, 4.69) is 16.6 Å². The van der Waals surface area contributed by atoms with Crippen LogP contribution in [0.4, 0.5) is 0 Å². The van der Waals surface area contributed by atoms with Gasteiger partial charge in [-0.25, -0.2) is 13.1 Å². The molecular formula is C19H20N2O5S. The summed E-state index contributed by atoms with van der Waals surface area (Å²) in [5, 5.41) is 2.82. The number of sulfonamides is 1. The molecule has 0 saturated carbocycles. The minimum Gasteiger partial charge on any atom is -0.454 e. The van der Waals surface area contributed by atoms with Crippen LogP contribution in [0.25, 0.3) is 0 Å². The molecule has 1 heterocycles. The molecule has 0 aromatic heterocycles. The van der Waals surface area contributed by atoms with Crippen molar-refractivity contribution in [2.75, 3.05) is 19.9 Å². The molecule has 0 aliphatic carbocycles. The number of fused-ring (bicyclic) bond motifs is 1. The number of hydrogen-bond donors (Lipinski definition) is 2. The van der Waals surface area contributed by atoms with Gasteiger partial charge in [-0.05, 0) is 48.4 Å². The van der Waals surface area contributed by atoms with Crippen molar-refractivity contribution in [3.63, 3.8) is 0 Å². The van der Waals surface area contributed by atoms with Crippen molar-refractivity contribution < 1.29 is 22.7 Å². The van der Waals surface area contributed by atoms with Crippen LogP contribution in [-0.4, -0.2) is 34.2 Å². The highest BCUT2D eigenvalue weighted by molar-refractivity contribution is 7.89. The summed E-state index contributed by atoms with van der Waals surface area (Å²) in [5.41, 5.74) is 1.41. The van der Waals surface area contributed by atoms with E-state index in [1.807, 2.05) is 18.2 Å². The molecule has 142 valence electrons. The van der Waals surface area contributed by atoms with Gasteiger partial charge in [-0.15, -0.1) is 6.58 Å². The molecule has 0 fully saturated rings. The smallest absolute Gasteiger partial charge is 0.251 e. The fourth-order valence-electron chi connectivity index (χ4n) is 2.56. The number of carbonyl (C=O) groups is 1. The lowest BCUT2D eigenvalue weighted by Crippen LogP contribution is -2.26. The zero-order chi connectivity index (χ0) is 19.3. The summed E-state index contributed by atoms with van der Waals surface area (Å²) >= 11 is 0. The Hall–Kier alpha value is -2.84. The van der Waals surface area contributed by atoms with Crippen LogP contribution in [0, 0.1) is 0 Å². The maximum atomic E-state index is 12.2. The normalized spacial score (nSPS) is 12.6. The monoisotopic (exact) mass is 388 g/mol. The number of benzene rings is 2. The lowest BCUT2D eigenvalue weighted by Gasteiger charge is -2.08. The topological polar surface area (TPSA) is 93.7 Å². The van der Waals surface area contributed by atoms with E-state index in [4.69, 9.17) is 9.47 Å². The van der Waals surface area contributed by atoms with Crippen LogP contribution in [-0.2, 0) is 16.4 Å². The fraction of sp³-hybridized carbons (Fsp3) is 0.211. The molecule has 0 saturated heterocycles. The molecule has 8 heteroatoms. The molecule has 0 bridgehead atoms. The van der Waals surface area contributed by atoms with E-state index in [0.717, 1.165) is 11.3 Å². The van der Waals surface area contributed by atoms with E-state index < -0.39 is 10.0 Å². The van der Waals surface area contributed by atoms with Crippen molar-refractivity contribution in [2.24, 2.45) is 0 Å². The number of rotatable bonds is 8. The minimum atomic E-state index is -3.60. The van der Waals surface area contributed by atoms with Crippen LogP contribution in [0.5, 0.6) is 11.5 Å². The lowest BCUT2D eigenvalue weighted by atomic mass is 10.1. The summed E-state index contributed by atoms with van der Waals surface area (Å²) < 4.78 is 37.0. The fourth-order valence-corrected chi connectivity index (χ4v) is 3.55. The maximum absolute atomic E-state index is 12.2. The molecule has 3 rings (SSSR count). The van der Waals surface area contributed by atoms with E-state index in [-0.39, 0.29) is 24.1 Å². The van der Waals surface area contributed by atoms with Gasteiger partial charge in [-0.3, -0.25) is 4.79 Å². The Labute approximate surface area is 158 Å². The Kier molecular flexibility index (Phi) is 5.78. The number of hydrogen-bond acceptors (Lipinski definition) is 5. The third-order valence-corrected chi connectivity index (χ3v) is 5.42. The summed E-state index contributed by atoms with van der Waals surface area (Å²) in [4.78, 5) is 12.3. The van der Waals surface area contributed by atoms with E-state index in [1.165, 1.54) is 30.3 Å². The summed E-state index contributed by atoms with van der Waals surface area (Å²) in [7, 11) is -3.60. The Balaban J connectivity index is 1.54. The van der Waals surface area contributed by atoms with Gasteiger partial charge >= 0.3 is 0 Å². The number of carbonyl (C=O) groups excluding carboxylic acids is 1. The average Bonchev–Trinajstić information content (AvgIpc) is 3.14. The molecule has 1 aliphatic heterocycles. The third kappa shape index (κ3) is 4.66. The Morgan fingerprint density at radius 1 is 1.11 bits per heavy atom. The van der Waals surface area contributed by atoms with Crippen molar-refractivity contribution in [1.29, 1.82) is 0 Å². The lowest BCUT2D eigenvalue weighted by molar-refractivity contribution is 0.0954. The predicted octanol–water partition coefficient (Wildman–Crippen LogP) is 1.85. The number of nitrogens with one attached hydrogen (secondary N) is 2. The van der Waals surface area contributed by atoms with Gasteiger partial charge in [0.05, 0.1) is 4.90 Å². The third-order valence-electron chi connectivity index (χ3n) is 3.98. The Morgan fingerprint density at radius 3 is 2.59 bits per heavy atom. The molecule has 2 aromatic rings. The number of amides is 1. The van der Waals surface area contributed by atoms with Gasteiger partial charge in [0, 0.05) is 18.7 Å². The Bertz CT molecular complexity index is 939. The zero-order valence-corrected chi connectivity index (χ0v) is 15.4. The minimum absolute atomic E-state index is 0.0984. The molecule has 2 N–H and O–H groups in total. The van der Waals surface area contributed by atoms with Crippen LogP contribution < -0.4 is 19.5 Å². The van der Waals surface area contributed by atoms with Crippen LogP contribution in [0.3, 0.4) is 0 Å². The first-order valence-corrected chi connectivity index (χ1v) is 9.85. The van der Waals surface area contributed by atoms with E-state index in [9.17, 15) is 13.2 Å². The summed E-state index contributed by atoms with van der Waals surface area (Å²) in [5.74, 6) is 1.17. The molecule has 0 unspecified atom stereocenters. The molecule has 0 radical (unpaired) electrons. The molecule has 27 heavy (non-hydrogen) atoms. The first kappa shape index (κ1) is 18.9. The number of ether oxygens (including phenoxy) is 2. The molecule has 1 aliphatic rings. The second kappa shape index (κ2) is 8.24.